The Kier molecular flexibility index (Phi) is 5.35. The van der Waals surface area contributed by atoms with E-state index in [0.717, 1.165) is 34.2 Å². The fourth-order valence-corrected chi connectivity index (χ4v) is 4.37. The monoisotopic (exact) mass is 423 g/mol. The SMILES string of the molecule is CC(=O)N1CC=C(c2cc(C)c(-c3ccn4ncc(CC(=O)O)c4c3)c(Cl)c2)CC1. The van der Waals surface area contributed by atoms with Crippen molar-refractivity contribution in [3.8, 4) is 11.1 Å². The van der Waals surface area contributed by atoms with E-state index in [1.165, 1.54) is 5.57 Å². The molecule has 0 radical (unpaired) electrons. The van der Waals surface area contributed by atoms with E-state index in [9.17, 15) is 9.59 Å². The van der Waals surface area contributed by atoms with E-state index in [1.807, 2.05) is 36.2 Å². The molecular formula is C23H22ClN3O3. The molecule has 0 spiro atoms. The number of benzene rings is 1. The Hall–Kier alpha value is -3.12. The molecule has 1 aromatic carbocycles. The number of carboxylic acids is 1. The van der Waals surface area contributed by atoms with Gasteiger partial charge in [0.1, 0.15) is 0 Å². The smallest absolute Gasteiger partial charge is 0.307 e. The second kappa shape index (κ2) is 7.95. The Morgan fingerprint density at radius 3 is 2.67 bits per heavy atom. The fourth-order valence-electron chi connectivity index (χ4n) is 4.00. The van der Waals surface area contributed by atoms with Gasteiger partial charge in [-0.25, -0.2) is 4.52 Å². The molecule has 3 heterocycles. The number of carbonyl (C=O) groups is 2. The summed E-state index contributed by atoms with van der Waals surface area (Å²) in [6, 6.07) is 7.96. The molecule has 0 saturated carbocycles. The molecule has 0 fully saturated rings. The summed E-state index contributed by atoms with van der Waals surface area (Å²) < 4.78 is 1.67. The van der Waals surface area contributed by atoms with Crippen LogP contribution in [-0.2, 0) is 16.0 Å². The van der Waals surface area contributed by atoms with Gasteiger partial charge in [-0.15, -0.1) is 0 Å². The van der Waals surface area contributed by atoms with E-state index in [2.05, 4.69) is 17.2 Å². The van der Waals surface area contributed by atoms with Gasteiger partial charge in [0.25, 0.3) is 0 Å². The van der Waals surface area contributed by atoms with E-state index in [4.69, 9.17) is 16.7 Å². The maximum atomic E-state index is 11.5. The first-order chi connectivity index (χ1) is 14.3. The van der Waals surface area contributed by atoms with E-state index >= 15 is 0 Å². The number of fused-ring (bicyclic) bond motifs is 1. The van der Waals surface area contributed by atoms with E-state index in [0.29, 0.717) is 23.7 Å². The maximum absolute atomic E-state index is 11.5. The number of carboxylic acid groups (broad SMARTS) is 1. The Balaban J connectivity index is 1.70. The predicted octanol–water partition coefficient (Wildman–Crippen LogP) is 4.23. The number of rotatable bonds is 4. The minimum absolute atomic E-state index is 0.0793. The number of halogens is 1. The van der Waals surface area contributed by atoms with Crippen molar-refractivity contribution in [2.24, 2.45) is 0 Å². The number of amides is 1. The number of aryl methyl sites for hydroxylation is 1. The topological polar surface area (TPSA) is 74.9 Å². The lowest BCUT2D eigenvalue weighted by molar-refractivity contribution is -0.136. The van der Waals surface area contributed by atoms with Crippen LogP contribution in [0.2, 0.25) is 5.02 Å². The van der Waals surface area contributed by atoms with Crippen molar-refractivity contribution in [3.63, 3.8) is 0 Å². The molecule has 0 atom stereocenters. The third kappa shape index (κ3) is 3.83. The molecular weight excluding hydrogens is 402 g/mol. The van der Waals surface area contributed by atoms with Crippen LogP contribution in [0.25, 0.3) is 22.2 Å². The molecule has 1 amide bonds. The van der Waals surface area contributed by atoms with Crippen LogP contribution in [0.15, 0.2) is 42.7 Å². The van der Waals surface area contributed by atoms with Gasteiger partial charge < -0.3 is 10.0 Å². The third-order valence-corrected chi connectivity index (χ3v) is 5.84. The standard InChI is InChI=1S/C23H22ClN3O3/c1-14-9-18(16-3-6-26(7-4-16)15(2)28)10-20(24)23(14)17-5-8-27-21(11-17)19(13-25-27)12-22(29)30/h3,5,8-11,13H,4,6-7,12H2,1-2H3,(H,29,30). The number of hydrogen-bond acceptors (Lipinski definition) is 3. The van der Waals surface area contributed by atoms with Crippen LogP contribution in [0.3, 0.4) is 0 Å². The minimum atomic E-state index is -0.891. The van der Waals surface area contributed by atoms with Gasteiger partial charge in [0.15, 0.2) is 0 Å². The maximum Gasteiger partial charge on any atom is 0.307 e. The van der Waals surface area contributed by atoms with Gasteiger partial charge in [-0.2, -0.15) is 5.10 Å². The van der Waals surface area contributed by atoms with Gasteiger partial charge in [0.2, 0.25) is 5.91 Å². The highest BCUT2D eigenvalue weighted by Crippen LogP contribution is 2.36. The molecule has 30 heavy (non-hydrogen) atoms. The van der Waals surface area contributed by atoms with Gasteiger partial charge in [-0.05, 0) is 53.8 Å². The summed E-state index contributed by atoms with van der Waals surface area (Å²) in [5, 5.41) is 14.0. The van der Waals surface area contributed by atoms with Crippen LogP contribution in [0, 0.1) is 6.92 Å². The molecule has 6 nitrogen and oxygen atoms in total. The first-order valence-corrected chi connectivity index (χ1v) is 10.1. The van der Waals surface area contributed by atoms with Gasteiger partial charge in [0.05, 0.1) is 18.1 Å². The Morgan fingerprint density at radius 2 is 2.03 bits per heavy atom. The van der Waals surface area contributed by atoms with Crippen molar-refractivity contribution in [1.29, 1.82) is 0 Å². The average Bonchev–Trinajstić information content (AvgIpc) is 3.09. The van der Waals surface area contributed by atoms with Crippen molar-refractivity contribution in [2.75, 3.05) is 13.1 Å². The minimum Gasteiger partial charge on any atom is -0.481 e. The Bertz CT molecular complexity index is 1170. The highest BCUT2D eigenvalue weighted by Gasteiger charge is 2.18. The molecule has 0 bridgehead atoms. The molecule has 0 aliphatic carbocycles. The van der Waals surface area contributed by atoms with Crippen LogP contribution in [0.1, 0.15) is 30.0 Å². The lowest BCUT2D eigenvalue weighted by Crippen LogP contribution is -2.32. The first-order valence-electron chi connectivity index (χ1n) is 9.77. The summed E-state index contributed by atoms with van der Waals surface area (Å²) in [6.45, 7) is 4.94. The molecule has 3 aromatic rings. The van der Waals surface area contributed by atoms with Gasteiger partial charge in [0, 0.05) is 42.4 Å². The molecule has 7 heteroatoms. The molecule has 154 valence electrons. The molecule has 0 saturated heterocycles. The van der Waals surface area contributed by atoms with E-state index in [-0.39, 0.29) is 12.3 Å². The Morgan fingerprint density at radius 1 is 1.23 bits per heavy atom. The van der Waals surface area contributed by atoms with Crippen molar-refractivity contribution in [3.05, 3.63) is 64.4 Å². The predicted molar refractivity (Wildman–Crippen MR) is 117 cm³/mol. The van der Waals surface area contributed by atoms with Gasteiger partial charge in [-0.1, -0.05) is 23.7 Å². The van der Waals surface area contributed by atoms with E-state index < -0.39 is 5.97 Å². The average molecular weight is 424 g/mol. The lowest BCUT2D eigenvalue weighted by Gasteiger charge is -2.26. The zero-order chi connectivity index (χ0) is 21.4. The third-order valence-electron chi connectivity index (χ3n) is 5.54. The zero-order valence-corrected chi connectivity index (χ0v) is 17.6. The van der Waals surface area contributed by atoms with Crippen LogP contribution in [0.5, 0.6) is 0 Å². The Labute approximate surface area is 179 Å². The van der Waals surface area contributed by atoms with Gasteiger partial charge in [-0.3, -0.25) is 9.59 Å². The highest BCUT2D eigenvalue weighted by atomic mass is 35.5. The van der Waals surface area contributed by atoms with Crippen LogP contribution in [-0.4, -0.2) is 44.6 Å². The number of aliphatic carboxylic acids is 1. The lowest BCUT2D eigenvalue weighted by atomic mass is 9.93. The summed E-state index contributed by atoms with van der Waals surface area (Å²) in [5.74, 6) is -0.801. The fraction of sp³-hybridized carbons (Fsp3) is 0.261. The summed E-state index contributed by atoms with van der Waals surface area (Å²) in [4.78, 5) is 24.5. The van der Waals surface area contributed by atoms with Crippen molar-refractivity contribution < 1.29 is 14.7 Å². The molecule has 0 unspecified atom stereocenters. The molecule has 1 N–H and O–H groups in total. The summed E-state index contributed by atoms with van der Waals surface area (Å²) in [6.07, 6.45) is 6.22. The second-order valence-electron chi connectivity index (χ2n) is 7.58. The van der Waals surface area contributed by atoms with Crippen LogP contribution < -0.4 is 0 Å². The second-order valence-corrected chi connectivity index (χ2v) is 7.99. The first kappa shape index (κ1) is 20.2. The highest BCUT2D eigenvalue weighted by molar-refractivity contribution is 6.33. The molecule has 1 aliphatic rings. The number of carbonyl (C=O) groups excluding carboxylic acids is 1. The number of pyridine rings is 1. The van der Waals surface area contributed by atoms with Crippen molar-refractivity contribution in [1.82, 2.24) is 14.5 Å². The number of aromatic nitrogens is 2. The van der Waals surface area contributed by atoms with Crippen LogP contribution >= 0.6 is 11.6 Å². The summed E-state index contributed by atoms with van der Waals surface area (Å²) in [5.41, 5.74) is 6.57. The van der Waals surface area contributed by atoms with Crippen molar-refractivity contribution >= 4 is 34.6 Å². The quantitative estimate of drug-likeness (QED) is 0.681. The number of hydrogen-bond donors (Lipinski definition) is 1. The van der Waals surface area contributed by atoms with Gasteiger partial charge >= 0.3 is 5.97 Å². The van der Waals surface area contributed by atoms with E-state index in [1.54, 1.807) is 17.6 Å². The summed E-state index contributed by atoms with van der Waals surface area (Å²) in [7, 11) is 0. The zero-order valence-electron chi connectivity index (χ0n) is 16.9. The normalized spacial score (nSPS) is 14.1. The van der Waals surface area contributed by atoms with Crippen LogP contribution in [0.4, 0.5) is 0 Å². The number of nitrogens with zero attached hydrogens (tertiary/aromatic N) is 3. The van der Waals surface area contributed by atoms with Crippen molar-refractivity contribution in [2.45, 2.75) is 26.7 Å². The molecule has 4 rings (SSSR count). The molecule has 2 aromatic heterocycles. The largest absolute Gasteiger partial charge is 0.481 e. The molecule has 1 aliphatic heterocycles. The summed E-state index contributed by atoms with van der Waals surface area (Å²) >= 11 is 6.71.